The minimum Gasteiger partial charge on any atom is -0.462 e. The molecule has 60 heavy (non-hydrogen) atoms. The number of aliphatic hydroxyl groups is 2. The molecule has 0 radical (unpaired) electrons. The van der Waals surface area contributed by atoms with E-state index in [0.717, 1.165) is 77.0 Å². The van der Waals surface area contributed by atoms with Crippen molar-refractivity contribution in [2.75, 3.05) is 6.61 Å². The Morgan fingerprint density at radius 3 is 1.53 bits per heavy atom. The molecule has 0 aliphatic rings. The Labute approximate surface area is 371 Å². The number of esters is 1. The Hall–Kier alpha value is -2.44. The Balaban J connectivity index is 4.52. The lowest BCUT2D eigenvalue weighted by molar-refractivity contribution is -0.151. The van der Waals surface area contributed by atoms with Crippen LogP contribution in [0.3, 0.4) is 0 Å². The zero-order valence-corrected chi connectivity index (χ0v) is 39.6. The summed E-state index contributed by atoms with van der Waals surface area (Å²) in [6.45, 7) is 6.30. The summed E-state index contributed by atoms with van der Waals surface area (Å²) in [7, 11) is 0. The smallest absolute Gasteiger partial charge is 0.306 e. The molecular weight excluding hydrogens is 743 g/mol. The van der Waals surface area contributed by atoms with Crippen LogP contribution in [0.5, 0.6) is 0 Å². The lowest BCUT2D eigenvalue weighted by Gasteiger charge is -2.24. The molecule has 6 heteroatoms. The monoisotopic (exact) mass is 840 g/mol. The number of allylic oxidation sites excluding steroid dienone is 10. The van der Waals surface area contributed by atoms with Gasteiger partial charge in [-0.05, 0) is 77.0 Å². The lowest BCUT2D eigenvalue weighted by Crippen LogP contribution is -2.46. The summed E-state index contributed by atoms with van der Waals surface area (Å²) < 4.78 is 5.91. The maximum atomic E-state index is 13.2. The molecule has 0 heterocycles. The fourth-order valence-electron chi connectivity index (χ4n) is 7.52. The van der Waals surface area contributed by atoms with Crippen LogP contribution in [0, 0.1) is 0 Å². The van der Waals surface area contributed by atoms with Crippen LogP contribution in [-0.4, -0.2) is 46.9 Å². The van der Waals surface area contributed by atoms with Gasteiger partial charge >= 0.3 is 5.97 Å². The molecule has 348 valence electrons. The number of nitrogens with one attached hydrogen (secondary N) is 1. The molecule has 0 aromatic carbocycles. The number of aliphatic hydroxyl groups excluding tert-OH is 2. The fraction of sp³-hybridized carbons (Fsp3) is 0.778. The number of ether oxygens (including phenoxy) is 1. The van der Waals surface area contributed by atoms with Gasteiger partial charge in [0.15, 0.2) is 0 Å². The predicted molar refractivity (Wildman–Crippen MR) is 259 cm³/mol. The second kappa shape index (κ2) is 47.6. The van der Waals surface area contributed by atoms with Gasteiger partial charge in [-0.1, -0.05) is 216 Å². The molecule has 3 N–H and O–H groups in total. The predicted octanol–water partition coefficient (Wildman–Crippen LogP) is 15.2. The van der Waals surface area contributed by atoms with E-state index in [1.165, 1.54) is 122 Å². The van der Waals surface area contributed by atoms with Gasteiger partial charge in [0.05, 0.1) is 25.2 Å². The summed E-state index contributed by atoms with van der Waals surface area (Å²) in [6, 6.07) is -0.713. The molecule has 0 spiro atoms. The molecule has 0 aliphatic carbocycles. The molecule has 1 amide bonds. The van der Waals surface area contributed by atoms with Gasteiger partial charge in [-0.15, -0.1) is 0 Å². The van der Waals surface area contributed by atoms with Gasteiger partial charge in [0.25, 0.3) is 0 Å². The zero-order chi connectivity index (χ0) is 43.8. The molecular formula is C54H97NO5. The highest BCUT2D eigenvalue weighted by molar-refractivity contribution is 5.77. The molecule has 0 fully saturated rings. The highest BCUT2D eigenvalue weighted by Crippen LogP contribution is 2.17. The van der Waals surface area contributed by atoms with E-state index in [2.05, 4.69) is 74.7 Å². The van der Waals surface area contributed by atoms with Gasteiger partial charge in [0.1, 0.15) is 6.10 Å². The summed E-state index contributed by atoms with van der Waals surface area (Å²) in [6.07, 6.45) is 58.6. The van der Waals surface area contributed by atoms with Crippen LogP contribution in [0.4, 0.5) is 0 Å². The number of hydrogen-bond acceptors (Lipinski definition) is 5. The normalized spacial score (nSPS) is 13.8. The maximum absolute atomic E-state index is 13.2. The average Bonchev–Trinajstić information content (AvgIpc) is 3.24. The first-order valence-corrected chi connectivity index (χ1v) is 25.5. The van der Waals surface area contributed by atoms with Gasteiger partial charge in [-0.25, -0.2) is 0 Å². The Bertz CT molecular complexity index is 1080. The van der Waals surface area contributed by atoms with Crippen molar-refractivity contribution in [2.45, 2.75) is 264 Å². The fourth-order valence-corrected chi connectivity index (χ4v) is 7.52. The number of carbonyl (C=O) groups is 2. The molecule has 0 saturated carbocycles. The number of amides is 1. The molecule has 0 bridgehead atoms. The van der Waals surface area contributed by atoms with Crippen LogP contribution in [0.2, 0.25) is 0 Å². The van der Waals surface area contributed by atoms with Crippen LogP contribution in [0.1, 0.15) is 245 Å². The third kappa shape index (κ3) is 42.3. The average molecular weight is 840 g/mol. The van der Waals surface area contributed by atoms with Crippen LogP contribution in [0.25, 0.3) is 0 Å². The van der Waals surface area contributed by atoms with E-state index < -0.39 is 18.2 Å². The third-order valence-electron chi connectivity index (χ3n) is 11.4. The minimum absolute atomic E-state index is 0.0518. The molecule has 0 rings (SSSR count). The van der Waals surface area contributed by atoms with Crippen molar-refractivity contribution in [2.24, 2.45) is 0 Å². The Morgan fingerprint density at radius 2 is 0.967 bits per heavy atom. The van der Waals surface area contributed by atoms with Gasteiger partial charge in [0.2, 0.25) is 5.91 Å². The summed E-state index contributed by atoms with van der Waals surface area (Å²) in [4.78, 5) is 26.1. The van der Waals surface area contributed by atoms with Crippen LogP contribution >= 0.6 is 0 Å². The number of rotatable bonds is 45. The van der Waals surface area contributed by atoms with E-state index in [1.807, 2.05) is 12.2 Å². The zero-order valence-electron chi connectivity index (χ0n) is 39.6. The maximum Gasteiger partial charge on any atom is 0.306 e. The first kappa shape index (κ1) is 57.6. The molecule has 0 aromatic heterocycles. The molecule has 0 aromatic rings. The van der Waals surface area contributed by atoms with Gasteiger partial charge in [-0.2, -0.15) is 0 Å². The topological polar surface area (TPSA) is 95.9 Å². The van der Waals surface area contributed by atoms with Gasteiger partial charge in [-0.3, -0.25) is 9.59 Å². The summed E-state index contributed by atoms with van der Waals surface area (Å²) in [5, 5.41) is 23.7. The largest absolute Gasteiger partial charge is 0.462 e. The summed E-state index contributed by atoms with van der Waals surface area (Å²) >= 11 is 0. The van der Waals surface area contributed by atoms with Crippen molar-refractivity contribution in [1.29, 1.82) is 0 Å². The van der Waals surface area contributed by atoms with Gasteiger partial charge < -0.3 is 20.3 Å². The first-order valence-electron chi connectivity index (χ1n) is 25.5. The molecule has 0 aliphatic heterocycles. The van der Waals surface area contributed by atoms with Crippen molar-refractivity contribution in [3.8, 4) is 0 Å². The number of hydrogen-bond donors (Lipinski definition) is 3. The first-order chi connectivity index (χ1) is 29.5. The van der Waals surface area contributed by atoms with E-state index in [4.69, 9.17) is 4.74 Å². The summed E-state index contributed by atoms with van der Waals surface area (Å²) in [5.74, 6) is -0.513. The second-order valence-electron chi connectivity index (χ2n) is 17.2. The van der Waals surface area contributed by atoms with Gasteiger partial charge in [0, 0.05) is 6.42 Å². The van der Waals surface area contributed by atoms with E-state index >= 15 is 0 Å². The van der Waals surface area contributed by atoms with E-state index in [-0.39, 0.29) is 24.9 Å². The van der Waals surface area contributed by atoms with E-state index in [1.54, 1.807) is 0 Å². The lowest BCUT2D eigenvalue weighted by atomic mass is 10.0. The van der Waals surface area contributed by atoms with Crippen LogP contribution < -0.4 is 5.32 Å². The molecule has 6 nitrogen and oxygen atoms in total. The van der Waals surface area contributed by atoms with E-state index in [0.29, 0.717) is 19.3 Å². The molecule has 3 atom stereocenters. The standard InChI is InChI=1S/C54H97NO5/c1-4-7-10-13-16-19-22-23-24-25-26-27-28-29-32-35-38-41-44-47-54(59)60-50(45-42-39-36-33-30-20-17-14-11-8-5-2)48-53(58)55-51(49-56)52(57)46-43-40-37-34-31-21-18-15-12-9-6-3/h8,11,14,16-17,19-20,23-24,30,50-52,56-57H,4-7,9-10,12-13,15,18,21-22,25-29,31-49H2,1-3H3,(H,55,58)/b11-8+,17-14+,19-16-,24-23-,30-20-. The SMILES string of the molecule is CC/C=C/C=C/C=C\CCCCCC(CC(=O)NC(CO)C(O)CCCCCCCCCCCCC)OC(=O)CCCCCCCCCCC/C=C\C/C=C\CCCCC. The van der Waals surface area contributed by atoms with Crippen LogP contribution in [-0.2, 0) is 14.3 Å². The van der Waals surface area contributed by atoms with E-state index in [9.17, 15) is 19.8 Å². The van der Waals surface area contributed by atoms with Crippen LogP contribution in [0.15, 0.2) is 60.8 Å². The minimum atomic E-state index is -0.797. The summed E-state index contributed by atoms with van der Waals surface area (Å²) in [5.41, 5.74) is 0. The van der Waals surface area contributed by atoms with Crippen molar-refractivity contribution in [3.63, 3.8) is 0 Å². The van der Waals surface area contributed by atoms with Crippen molar-refractivity contribution < 1.29 is 24.5 Å². The number of carbonyl (C=O) groups excluding carboxylic acids is 2. The quantitative estimate of drug-likeness (QED) is 0.0246. The van der Waals surface area contributed by atoms with Crippen molar-refractivity contribution in [3.05, 3.63) is 60.8 Å². The Morgan fingerprint density at radius 1 is 0.517 bits per heavy atom. The molecule has 3 unspecified atom stereocenters. The number of unbranched alkanes of at least 4 members (excludes halogenated alkanes) is 25. The Kier molecular flexibility index (Phi) is 45.7. The highest BCUT2D eigenvalue weighted by Gasteiger charge is 2.24. The van der Waals surface area contributed by atoms with Crippen molar-refractivity contribution >= 4 is 11.9 Å². The van der Waals surface area contributed by atoms with Crippen molar-refractivity contribution in [1.82, 2.24) is 5.32 Å². The highest BCUT2D eigenvalue weighted by atomic mass is 16.5. The second-order valence-corrected chi connectivity index (χ2v) is 17.2. The molecule has 0 saturated heterocycles. The third-order valence-corrected chi connectivity index (χ3v) is 11.4.